The molecule has 1 aliphatic rings. The van der Waals surface area contributed by atoms with Gasteiger partial charge < -0.3 is 5.32 Å². The molecule has 1 fully saturated rings. The van der Waals surface area contributed by atoms with E-state index in [-0.39, 0.29) is 17.0 Å². The van der Waals surface area contributed by atoms with Gasteiger partial charge in [0, 0.05) is 18.6 Å². The summed E-state index contributed by atoms with van der Waals surface area (Å²) in [4.78, 5) is 0.277. The van der Waals surface area contributed by atoms with E-state index in [1.54, 1.807) is 11.2 Å². The van der Waals surface area contributed by atoms with E-state index in [9.17, 15) is 8.42 Å². The van der Waals surface area contributed by atoms with Crippen LogP contribution < -0.4 is 5.32 Å². The van der Waals surface area contributed by atoms with Crippen molar-refractivity contribution in [1.29, 1.82) is 0 Å². The van der Waals surface area contributed by atoms with E-state index < -0.39 is 10.0 Å². The number of H-pyrrole nitrogens is 1. The van der Waals surface area contributed by atoms with Crippen LogP contribution in [0.25, 0.3) is 0 Å². The molecule has 1 aromatic rings. The monoisotopic (exact) mass is 286 g/mol. The second-order valence-electron chi connectivity index (χ2n) is 5.32. The van der Waals surface area contributed by atoms with Gasteiger partial charge in [0.1, 0.15) is 4.90 Å². The summed E-state index contributed by atoms with van der Waals surface area (Å²) >= 11 is 0. The molecule has 2 rings (SSSR count). The van der Waals surface area contributed by atoms with Gasteiger partial charge in [-0.05, 0) is 40.2 Å². The summed E-state index contributed by atoms with van der Waals surface area (Å²) in [5.74, 6) is 0. The Hall–Kier alpha value is -0.920. The fourth-order valence-corrected chi connectivity index (χ4v) is 4.24. The van der Waals surface area contributed by atoms with Crippen molar-refractivity contribution in [2.24, 2.45) is 0 Å². The van der Waals surface area contributed by atoms with Crippen molar-refractivity contribution in [3.8, 4) is 0 Å². The number of rotatable bonds is 5. The lowest BCUT2D eigenvalue weighted by molar-refractivity contribution is 0.322. The van der Waals surface area contributed by atoms with Gasteiger partial charge in [-0.2, -0.15) is 9.40 Å². The van der Waals surface area contributed by atoms with Crippen LogP contribution in [0, 0.1) is 6.92 Å². The molecule has 0 bridgehead atoms. The van der Waals surface area contributed by atoms with Crippen LogP contribution in [0.3, 0.4) is 0 Å². The summed E-state index contributed by atoms with van der Waals surface area (Å²) in [5, 5.41) is 9.85. The van der Waals surface area contributed by atoms with Gasteiger partial charge in [-0.1, -0.05) is 0 Å². The topological polar surface area (TPSA) is 78.1 Å². The Kier molecular flexibility index (Phi) is 4.27. The highest BCUT2D eigenvalue weighted by Gasteiger charge is 2.32. The minimum atomic E-state index is -3.48. The molecule has 2 N–H and O–H groups in total. The van der Waals surface area contributed by atoms with Gasteiger partial charge >= 0.3 is 0 Å². The van der Waals surface area contributed by atoms with Crippen molar-refractivity contribution in [1.82, 2.24) is 19.8 Å². The summed E-state index contributed by atoms with van der Waals surface area (Å²) < 4.78 is 26.9. The molecule has 1 atom stereocenters. The van der Waals surface area contributed by atoms with Crippen LogP contribution in [0.5, 0.6) is 0 Å². The molecular formula is C12H22N4O2S. The van der Waals surface area contributed by atoms with Gasteiger partial charge in [0.25, 0.3) is 0 Å². The van der Waals surface area contributed by atoms with E-state index in [2.05, 4.69) is 15.5 Å². The normalized spacial score (nSPS) is 20.6. The molecule has 0 radical (unpaired) electrons. The SMILES string of the molecule is Cc1[nH]ncc1S(=O)(=O)N(CC1CCCN1)C(C)C. The average molecular weight is 286 g/mol. The molecule has 0 aliphatic carbocycles. The van der Waals surface area contributed by atoms with Crippen LogP contribution in [-0.2, 0) is 10.0 Å². The largest absolute Gasteiger partial charge is 0.313 e. The molecule has 1 aromatic heterocycles. The Balaban J connectivity index is 2.25. The number of nitrogens with one attached hydrogen (secondary N) is 2. The Morgan fingerprint density at radius 3 is 2.74 bits per heavy atom. The quantitative estimate of drug-likeness (QED) is 0.842. The zero-order valence-electron chi connectivity index (χ0n) is 11.7. The van der Waals surface area contributed by atoms with Gasteiger partial charge in [0.2, 0.25) is 10.0 Å². The summed E-state index contributed by atoms with van der Waals surface area (Å²) in [6, 6.07) is 0.186. The van der Waals surface area contributed by atoms with Crippen molar-refractivity contribution >= 4 is 10.0 Å². The van der Waals surface area contributed by atoms with Crippen LogP contribution >= 0.6 is 0 Å². The van der Waals surface area contributed by atoms with Crippen molar-refractivity contribution in [2.75, 3.05) is 13.1 Å². The smallest absolute Gasteiger partial charge is 0.246 e. The van der Waals surface area contributed by atoms with Crippen LogP contribution in [0.2, 0.25) is 0 Å². The standard InChI is InChI=1S/C12H22N4O2S/c1-9(2)16(8-11-5-4-6-13-11)19(17,18)12-7-14-15-10(12)3/h7,9,11,13H,4-6,8H2,1-3H3,(H,14,15). The second kappa shape index (κ2) is 5.60. The highest BCUT2D eigenvalue weighted by molar-refractivity contribution is 7.89. The molecule has 108 valence electrons. The maximum absolute atomic E-state index is 12.7. The van der Waals surface area contributed by atoms with E-state index in [1.165, 1.54) is 6.20 Å². The Morgan fingerprint density at radius 2 is 2.26 bits per heavy atom. The molecule has 6 nitrogen and oxygen atoms in total. The summed E-state index contributed by atoms with van der Waals surface area (Å²) in [7, 11) is -3.48. The van der Waals surface area contributed by atoms with Crippen LogP contribution in [0.1, 0.15) is 32.4 Å². The third kappa shape index (κ3) is 2.98. The van der Waals surface area contributed by atoms with Gasteiger partial charge in [0.05, 0.1) is 11.9 Å². The van der Waals surface area contributed by atoms with E-state index in [0.717, 1.165) is 19.4 Å². The van der Waals surface area contributed by atoms with Gasteiger partial charge in [-0.15, -0.1) is 0 Å². The van der Waals surface area contributed by atoms with E-state index in [0.29, 0.717) is 12.2 Å². The predicted octanol–water partition coefficient (Wildman–Crippen LogP) is 0.869. The first-order valence-electron chi connectivity index (χ1n) is 6.68. The zero-order valence-corrected chi connectivity index (χ0v) is 12.5. The maximum atomic E-state index is 12.7. The summed E-state index contributed by atoms with van der Waals surface area (Å²) in [6.45, 7) is 7.03. The van der Waals surface area contributed by atoms with Crippen molar-refractivity contribution < 1.29 is 8.42 Å². The Morgan fingerprint density at radius 1 is 1.53 bits per heavy atom. The van der Waals surface area contributed by atoms with Crippen LogP contribution in [0.4, 0.5) is 0 Å². The lowest BCUT2D eigenvalue weighted by atomic mass is 10.2. The van der Waals surface area contributed by atoms with Crippen molar-refractivity contribution in [3.63, 3.8) is 0 Å². The molecule has 0 saturated carbocycles. The number of hydrogen-bond donors (Lipinski definition) is 2. The molecule has 1 saturated heterocycles. The molecule has 7 heteroatoms. The minimum absolute atomic E-state index is 0.0679. The Bertz CT molecular complexity index is 518. The zero-order chi connectivity index (χ0) is 14.0. The van der Waals surface area contributed by atoms with Crippen molar-refractivity contribution in [2.45, 2.75) is 50.6 Å². The molecular weight excluding hydrogens is 264 g/mol. The number of aryl methyl sites for hydroxylation is 1. The van der Waals surface area contributed by atoms with Gasteiger partial charge in [-0.25, -0.2) is 8.42 Å². The summed E-state index contributed by atoms with van der Waals surface area (Å²) in [5.41, 5.74) is 0.588. The molecule has 1 aliphatic heterocycles. The van der Waals surface area contributed by atoms with Gasteiger partial charge in [0.15, 0.2) is 0 Å². The third-order valence-corrected chi connectivity index (χ3v) is 5.66. The van der Waals surface area contributed by atoms with E-state index in [4.69, 9.17) is 0 Å². The molecule has 0 spiro atoms. The number of sulfonamides is 1. The molecule has 2 heterocycles. The third-order valence-electron chi connectivity index (χ3n) is 3.51. The first-order chi connectivity index (χ1) is 8.93. The van der Waals surface area contributed by atoms with Crippen LogP contribution in [0.15, 0.2) is 11.1 Å². The molecule has 0 amide bonds. The number of aromatic amines is 1. The molecule has 0 aromatic carbocycles. The van der Waals surface area contributed by atoms with Gasteiger partial charge in [-0.3, -0.25) is 5.10 Å². The minimum Gasteiger partial charge on any atom is -0.313 e. The van der Waals surface area contributed by atoms with Crippen molar-refractivity contribution in [3.05, 3.63) is 11.9 Å². The first kappa shape index (κ1) is 14.5. The van der Waals surface area contributed by atoms with E-state index in [1.807, 2.05) is 13.8 Å². The maximum Gasteiger partial charge on any atom is 0.246 e. The fraction of sp³-hybridized carbons (Fsp3) is 0.750. The molecule has 1 unspecified atom stereocenters. The van der Waals surface area contributed by atoms with E-state index >= 15 is 0 Å². The second-order valence-corrected chi connectivity index (χ2v) is 7.18. The lowest BCUT2D eigenvalue weighted by Crippen LogP contribution is -2.44. The van der Waals surface area contributed by atoms with Crippen LogP contribution in [-0.4, -0.2) is 48.1 Å². The number of nitrogens with zero attached hydrogens (tertiary/aromatic N) is 2. The summed E-state index contributed by atoms with van der Waals surface area (Å²) in [6.07, 6.45) is 3.53. The first-order valence-corrected chi connectivity index (χ1v) is 8.12. The Labute approximate surface area is 114 Å². The number of aromatic nitrogens is 2. The lowest BCUT2D eigenvalue weighted by Gasteiger charge is -2.28. The fourth-order valence-electron chi connectivity index (χ4n) is 2.44. The highest BCUT2D eigenvalue weighted by atomic mass is 32.2. The highest BCUT2D eigenvalue weighted by Crippen LogP contribution is 2.21. The predicted molar refractivity (Wildman–Crippen MR) is 73.4 cm³/mol. The average Bonchev–Trinajstić information content (AvgIpc) is 2.95. The molecule has 19 heavy (non-hydrogen) atoms. The number of hydrogen-bond acceptors (Lipinski definition) is 4.